The molecule has 4 nitrogen and oxygen atoms in total. The molecule has 0 aliphatic carbocycles. The predicted molar refractivity (Wildman–Crippen MR) is 78.0 cm³/mol. The number of nitrogens with zero attached hydrogens (tertiary/aromatic N) is 2. The topological polar surface area (TPSA) is 58.0 Å². The summed E-state index contributed by atoms with van der Waals surface area (Å²) in [7, 11) is 0. The molecule has 0 fully saturated rings. The van der Waals surface area contributed by atoms with E-state index in [1.807, 2.05) is 20.0 Å². The van der Waals surface area contributed by atoms with Gasteiger partial charge in [0.1, 0.15) is 5.82 Å². The highest BCUT2D eigenvalue weighted by Gasteiger charge is 2.16. The fraction of sp³-hybridized carbons (Fsp3) is 0.733. The Labute approximate surface area is 116 Å². The largest absolute Gasteiger partial charge is 0.396 e. The Bertz CT molecular complexity index is 404. The first-order chi connectivity index (χ1) is 8.85. The first-order valence-corrected chi connectivity index (χ1v) is 7.00. The lowest BCUT2D eigenvalue weighted by Crippen LogP contribution is -2.24. The Balaban J connectivity index is 2.41. The molecule has 1 heterocycles. The number of nitrogens with one attached hydrogen (secondary N) is 1. The third kappa shape index (κ3) is 5.25. The minimum atomic E-state index is 0.0216. The number of rotatable bonds is 7. The van der Waals surface area contributed by atoms with Crippen LogP contribution in [0.4, 0.5) is 0 Å². The van der Waals surface area contributed by atoms with Crippen LogP contribution in [0.1, 0.15) is 56.7 Å². The summed E-state index contributed by atoms with van der Waals surface area (Å²) in [6.07, 6.45) is 3.99. The summed E-state index contributed by atoms with van der Waals surface area (Å²) < 4.78 is 0. The second-order valence-electron chi connectivity index (χ2n) is 6.06. The summed E-state index contributed by atoms with van der Waals surface area (Å²) in [4.78, 5) is 8.65. The van der Waals surface area contributed by atoms with Crippen LogP contribution in [0.3, 0.4) is 0 Å². The molecule has 19 heavy (non-hydrogen) atoms. The van der Waals surface area contributed by atoms with Crippen molar-refractivity contribution in [3.63, 3.8) is 0 Å². The first kappa shape index (κ1) is 16.1. The van der Waals surface area contributed by atoms with Gasteiger partial charge in [-0.05, 0) is 45.6 Å². The van der Waals surface area contributed by atoms with Crippen molar-refractivity contribution in [3.05, 3.63) is 23.3 Å². The van der Waals surface area contributed by atoms with E-state index in [0.29, 0.717) is 0 Å². The van der Waals surface area contributed by atoms with E-state index in [1.54, 1.807) is 0 Å². The summed E-state index contributed by atoms with van der Waals surface area (Å²) >= 11 is 0. The molecule has 1 rings (SSSR count). The molecule has 0 radical (unpaired) electrons. The van der Waals surface area contributed by atoms with Crippen molar-refractivity contribution in [2.45, 2.75) is 53.5 Å². The van der Waals surface area contributed by atoms with E-state index >= 15 is 0 Å². The average molecular weight is 265 g/mol. The van der Waals surface area contributed by atoms with Gasteiger partial charge < -0.3 is 10.4 Å². The second-order valence-corrected chi connectivity index (χ2v) is 6.06. The Kier molecular flexibility index (Phi) is 5.88. The summed E-state index contributed by atoms with van der Waals surface area (Å²) in [6, 6.07) is 0.262. The summed E-state index contributed by atoms with van der Waals surface area (Å²) in [5, 5.41) is 12.7. The zero-order chi connectivity index (χ0) is 14.5. The fourth-order valence-corrected chi connectivity index (χ4v) is 2.09. The smallest absolute Gasteiger partial charge is 0.125 e. The van der Waals surface area contributed by atoms with Gasteiger partial charge in [-0.3, -0.25) is 0 Å². The van der Waals surface area contributed by atoms with E-state index in [9.17, 15) is 5.11 Å². The first-order valence-electron chi connectivity index (χ1n) is 7.00. The molecule has 4 heteroatoms. The standard InChI is InChI=1S/C15H27N3O/c1-11(14-9-17-13(3)18-12(14)2)16-8-6-7-15(4,5)10-19/h9,11,16,19H,6-8,10H2,1-5H3. The molecule has 1 atom stereocenters. The fourth-order valence-electron chi connectivity index (χ4n) is 2.09. The van der Waals surface area contributed by atoms with Gasteiger partial charge in [-0.1, -0.05) is 13.8 Å². The van der Waals surface area contributed by atoms with Crippen LogP contribution in [0.15, 0.2) is 6.20 Å². The van der Waals surface area contributed by atoms with Gasteiger partial charge in [-0.15, -0.1) is 0 Å². The van der Waals surface area contributed by atoms with E-state index in [2.05, 4.69) is 36.1 Å². The maximum absolute atomic E-state index is 9.21. The van der Waals surface area contributed by atoms with Gasteiger partial charge in [0.2, 0.25) is 0 Å². The molecule has 108 valence electrons. The zero-order valence-corrected chi connectivity index (χ0v) is 12.8. The maximum atomic E-state index is 9.21. The highest BCUT2D eigenvalue weighted by atomic mass is 16.3. The molecule has 1 unspecified atom stereocenters. The molecular weight excluding hydrogens is 238 g/mol. The van der Waals surface area contributed by atoms with Crippen LogP contribution in [0, 0.1) is 19.3 Å². The number of aliphatic hydroxyl groups is 1. The van der Waals surface area contributed by atoms with Crippen LogP contribution in [-0.2, 0) is 0 Å². The Morgan fingerprint density at radius 1 is 1.37 bits per heavy atom. The van der Waals surface area contributed by atoms with Crippen LogP contribution in [-0.4, -0.2) is 28.2 Å². The van der Waals surface area contributed by atoms with Gasteiger partial charge in [0.25, 0.3) is 0 Å². The van der Waals surface area contributed by atoms with Gasteiger partial charge in [-0.25, -0.2) is 9.97 Å². The summed E-state index contributed by atoms with van der Waals surface area (Å²) in [6.45, 7) is 11.4. The lowest BCUT2D eigenvalue weighted by Gasteiger charge is -2.22. The quantitative estimate of drug-likeness (QED) is 0.744. The lowest BCUT2D eigenvalue weighted by molar-refractivity contribution is 0.147. The van der Waals surface area contributed by atoms with Crippen molar-refractivity contribution in [1.82, 2.24) is 15.3 Å². The van der Waals surface area contributed by atoms with Gasteiger partial charge >= 0.3 is 0 Å². The molecule has 0 spiro atoms. The normalized spacial score (nSPS) is 13.6. The number of aliphatic hydroxyl groups excluding tert-OH is 1. The van der Waals surface area contributed by atoms with E-state index < -0.39 is 0 Å². The second kappa shape index (κ2) is 6.96. The van der Waals surface area contributed by atoms with Gasteiger partial charge in [0.15, 0.2) is 0 Å². The van der Waals surface area contributed by atoms with Crippen molar-refractivity contribution in [2.24, 2.45) is 5.41 Å². The molecule has 1 aromatic rings. The molecule has 0 aliphatic heterocycles. The number of aryl methyl sites for hydroxylation is 2. The van der Waals surface area contributed by atoms with E-state index in [1.165, 1.54) is 0 Å². The molecule has 0 saturated heterocycles. The van der Waals surface area contributed by atoms with Crippen molar-refractivity contribution < 1.29 is 5.11 Å². The van der Waals surface area contributed by atoms with Crippen LogP contribution in [0.5, 0.6) is 0 Å². The van der Waals surface area contributed by atoms with Crippen molar-refractivity contribution in [2.75, 3.05) is 13.2 Å². The Morgan fingerprint density at radius 3 is 2.63 bits per heavy atom. The van der Waals surface area contributed by atoms with E-state index in [0.717, 1.165) is 36.5 Å². The monoisotopic (exact) mass is 265 g/mol. The SMILES string of the molecule is Cc1ncc(C(C)NCCCC(C)(C)CO)c(C)n1. The van der Waals surface area contributed by atoms with Crippen molar-refractivity contribution in [1.29, 1.82) is 0 Å². The third-order valence-corrected chi connectivity index (χ3v) is 3.51. The zero-order valence-electron chi connectivity index (χ0n) is 12.8. The molecule has 0 bridgehead atoms. The van der Waals surface area contributed by atoms with Crippen molar-refractivity contribution in [3.8, 4) is 0 Å². The minimum Gasteiger partial charge on any atom is -0.396 e. The molecule has 0 saturated carbocycles. The van der Waals surface area contributed by atoms with E-state index in [4.69, 9.17) is 0 Å². The molecule has 2 N–H and O–H groups in total. The van der Waals surface area contributed by atoms with Crippen LogP contribution in [0.25, 0.3) is 0 Å². The van der Waals surface area contributed by atoms with Crippen LogP contribution < -0.4 is 5.32 Å². The van der Waals surface area contributed by atoms with Crippen LogP contribution >= 0.6 is 0 Å². The molecule has 0 aliphatic rings. The number of aromatic nitrogens is 2. The molecule has 1 aromatic heterocycles. The minimum absolute atomic E-state index is 0.0216. The van der Waals surface area contributed by atoms with Gasteiger partial charge in [0, 0.05) is 30.1 Å². The average Bonchev–Trinajstić information content (AvgIpc) is 2.34. The van der Waals surface area contributed by atoms with Gasteiger partial charge in [0.05, 0.1) is 0 Å². The Morgan fingerprint density at radius 2 is 2.05 bits per heavy atom. The Hall–Kier alpha value is -1.00. The summed E-state index contributed by atoms with van der Waals surface area (Å²) in [5.41, 5.74) is 2.23. The molecule has 0 amide bonds. The van der Waals surface area contributed by atoms with Crippen molar-refractivity contribution >= 4 is 0 Å². The third-order valence-electron chi connectivity index (χ3n) is 3.51. The van der Waals surface area contributed by atoms with Gasteiger partial charge in [-0.2, -0.15) is 0 Å². The number of hydrogen-bond acceptors (Lipinski definition) is 4. The number of hydrogen-bond donors (Lipinski definition) is 2. The molecule has 0 aromatic carbocycles. The lowest BCUT2D eigenvalue weighted by atomic mass is 9.89. The van der Waals surface area contributed by atoms with E-state index in [-0.39, 0.29) is 18.1 Å². The summed E-state index contributed by atoms with van der Waals surface area (Å²) in [5.74, 6) is 0.818. The highest BCUT2D eigenvalue weighted by Crippen LogP contribution is 2.21. The van der Waals surface area contributed by atoms with Crippen LogP contribution in [0.2, 0.25) is 0 Å². The predicted octanol–water partition coefficient (Wildman–Crippen LogP) is 2.54. The maximum Gasteiger partial charge on any atom is 0.125 e. The highest BCUT2D eigenvalue weighted by molar-refractivity contribution is 5.19. The molecular formula is C15H27N3O.